The lowest BCUT2D eigenvalue weighted by molar-refractivity contribution is -0.0377. The lowest BCUT2D eigenvalue weighted by Gasteiger charge is -2.31. The van der Waals surface area contributed by atoms with Crippen molar-refractivity contribution in [3.63, 3.8) is 0 Å². The highest BCUT2D eigenvalue weighted by molar-refractivity contribution is 8.00. The SMILES string of the molecule is CC(C)OC[C@H]1O[C@@H](n2ccc(N(C(C)C)C(C)C)nc2=O)CS1. The molecule has 0 aliphatic carbocycles. The van der Waals surface area contributed by atoms with Gasteiger partial charge in [0.15, 0.2) is 0 Å². The predicted molar refractivity (Wildman–Crippen MR) is 98.7 cm³/mol. The summed E-state index contributed by atoms with van der Waals surface area (Å²) in [6.07, 6.45) is 1.69. The van der Waals surface area contributed by atoms with Crippen molar-refractivity contribution in [3.05, 3.63) is 22.7 Å². The summed E-state index contributed by atoms with van der Waals surface area (Å²) in [6, 6.07) is 2.46. The summed E-state index contributed by atoms with van der Waals surface area (Å²) in [5, 5.41) is 0. The van der Waals surface area contributed by atoms with E-state index in [9.17, 15) is 4.79 Å². The third-order valence-electron chi connectivity index (χ3n) is 3.80. The predicted octanol–water partition coefficient (Wildman–Crippen LogP) is 2.88. The van der Waals surface area contributed by atoms with Crippen LogP contribution in [0.3, 0.4) is 0 Å². The summed E-state index contributed by atoms with van der Waals surface area (Å²) in [5.41, 5.74) is -0.304. The molecule has 136 valence electrons. The van der Waals surface area contributed by atoms with E-state index < -0.39 is 0 Å². The van der Waals surface area contributed by atoms with Crippen LogP contribution in [0.15, 0.2) is 17.1 Å². The normalized spacial score (nSPS) is 21.2. The van der Waals surface area contributed by atoms with Crippen LogP contribution in [0.1, 0.15) is 47.8 Å². The van der Waals surface area contributed by atoms with E-state index in [0.717, 1.165) is 5.75 Å². The van der Waals surface area contributed by atoms with Gasteiger partial charge >= 0.3 is 5.69 Å². The highest BCUT2D eigenvalue weighted by Gasteiger charge is 2.29. The van der Waals surface area contributed by atoms with Gasteiger partial charge in [0.05, 0.1) is 12.7 Å². The van der Waals surface area contributed by atoms with E-state index in [1.165, 1.54) is 0 Å². The number of hydrogen-bond acceptors (Lipinski definition) is 6. The minimum atomic E-state index is -0.281. The minimum Gasteiger partial charge on any atom is -0.375 e. The molecule has 0 aromatic carbocycles. The Kier molecular flexibility index (Phi) is 6.71. The lowest BCUT2D eigenvalue weighted by atomic mass is 10.2. The Morgan fingerprint density at radius 1 is 1.33 bits per heavy atom. The summed E-state index contributed by atoms with van der Waals surface area (Å²) >= 11 is 1.67. The van der Waals surface area contributed by atoms with E-state index in [1.807, 2.05) is 19.9 Å². The molecule has 0 radical (unpaired) electrons. The molecule has 1 saturated heterocycles. The van der Waals surface area contributed by atoms with Gasteiger partial charge in [-0.25, -0.2) is 4.79 Å². The van der Waals surface area contributed by atoms with Crippen LogP contribution in [0.2, 0.25) is 0 Å². The smallest absolute Gasteiger partial charge is 0.351 e. The van der Waals surface area contributed by atoms with Crippen LogP contribution in [0.4, 0.5) is 5.82 Å². The number of ether oxygens (including phenoxy) is 2. The van der Waals surface area contributed by atoms with E-state index in [1.54, 1.807) is 22.5 Å². The summed E-state index contributed by atoms with van der Waals surface area (Å²) in [4.78, 5) is 18.9. The van der Waals surface area contributed by atoms with Gasteiger partial charge in [-0.2, -0.15) is 4.98 Å². The van der Waals surface area contributed by atoms with Gasteiger partial charge in [-0.15, -0.1) is 11.8 Å². The summed E-state index contributed by atoms with van der Waals surface area (Å²) in [5.74, 6) is 1.44. The van der Waals surface area contributed by atoms with Gasteiger partial charge in [-0.1, -0.05) is 0 Å². The molecule has 1 aromatic rings. The molecule has 0 unspecified atom stereocenters. The molecule has 0 spiro atoms. The first kappa shape index (κ1) is 19.3. The molecule has 24 heavy (non-hydrogen) atoms. The molecule has 1 aromatic heterocycles. The second-order valence-corrected chi connectivity index (χ2v) is 8.00. The maximum atomic E-state index is 12.5. The maximum Gasteiger partial charge on any atom is 0.351 e. The molecule has 0 N–H and O–H groups in total. The average molecular weight is 356 g/mol. The number of thioether (sulfide) groups is 1. The van der Waals surface area contributed by atoms with Crippen molar-refractivity contribution < 1.29 is 9.47 Å². The van der Waals surface area contributed by atoms with Gasteiger partial charge in [0.1, 0.15) is 17.5 Å². The molecule has 1 aliphatic heterocycles. The Morgan fingerprint density at radius 2 is 2.00 bits per heavy atom. The first-order valence-electron chi connectivity index (χ1n) is 8.55. The van der Waals surface area contributed by atoms with Gasteiger partial charge in [0.2, 0.25) is 0 Å². The monoisotopic (exact) mass is 355 g/mol. The number of aromatic nitrogens is 2. The fourth-order valence-electron chi connectivity index (χ4n) is 2.84. The van der Waals surface area contributed by atoms with Crippen molar-refractivity contribution in [3.8, 4) is 0 Å². The van der Waals surface area contributed by atoms with Crippen LogP contribution in [0.25, 0.3) is 0 Å². The third kappa shape index (κ3) is 4.74. The van der Waals surface area contributed by atoms with Gasteiger partial charge in [0.25, 0.3) is 0 Å². The van der Waals surface area contributed by atoms with E-state index >= 15 is 0 Å². The number of anilines is 1. The Hall–Kier alpha value is -1.05. The van der Waals surface area contributed by atoms with Gasteiger partial charge in [-0.3, -0.25) is 4.57 Å². The molecule has 1 aliphatic rings. The second kappa shape index (κ2) is 8.36. The number of hydrogen-bond donors (Lipinski definition) is 0. The molecule has 2 rings (SSSR count). The molecule has 7 heteroatoms. The van der Waals surface area contributed by atoms with Crippen LogP contribution < -0.4 is 10.6 Å². The van der Waals surface area contributed by atoms with Crippen LogP contribution in [0.5, 0.6) is 0 Å². The van der Waals surface area contributed by atoms with E-state index in [2.05, 4.69) is 37.6 Å². The topological polar surface area (TPSA) is 56.6 Å². The molecule has 0 bridgehead atoms. The molecule has 0 saturated carbocycles. The number of rotatable bonds is 7. The lowest BCUT2D eigenvalue weighted by Crippen LogP contribution is -2.39. The zero-order chi connectivity index (χ0) is 17.9. The van der Waals surface area contributed by atoms with E-state index in [4.69, 9.17) is 9.47 Å². The molecule has 0 amide bonds. The highest BCUT2D eigenvalue weighted by atomic mass is 32.2. The van der Waals surface area contributed by atoms with Crippen LogP contribution >= 0.6 is 11.8 Å². The van der Waals surface area contributed by atoms with Crippen molar-refractivity contribution in [2.24, 2.45) is 0 Å². The van der Waals surface area contributed by atoms with Crippen molar-refractivity contribution in [1.29, 1.82) is 0 Å². The fourth-order valence-corrected chi connectivity index (χ4v) is 3.84. The fraction of sp³-hybridized carbons (Fsp3) is 0.765. The van der Waals surface area contributed by atoms with Crippen molar-refractivity contribution >= 4 is 17.6 Å². The minimum absolute atomic E-state index is 0.0354. The maximum absolute atomic E-state index is 12.5. The largest absolute Gasteiger partial charge is 0.375 e. The highest BCUT2D eigenvalue weighted by Crippen LogP contribution is 2.31. The first-order chi connectivity index (χ1) is 11.3. The zero-order valence-electron chi connectivity index (χ0n) is 15.4. The molecule has 2 heterocycles. The van der Waals surface area contributed by atoms with Crippen LogP contribution in [0, 0.1) is 0 Å². The first-order valence-corrected chi connectivity index (χ1v) is 9.60. The van der Waals surface area contributed by atoms with Crippen LogP contribution in [-0.2, 0) is 9.47 Å². The van der Waals surface area contributed by atoms with Gasteiger partial charge in [0, 0.05) is 24.0 Å². The van der Waals surface area contributed by atoms with E-state index in [0.29, 0.717) is 12.4 Å². The molecule has 2 atom stereocenters. The Morgan fingerprint density at radius 3 is 2.54 bits per heavy atom. The summed E-state index contributed by atoms with van der Waals surface area (Å²) < 4.78 is 13.1. The molecule has 1 fully saturated rings. The van der Waals surface area contributed by atoms with Gasteiger partial charge in [-0.05, 0) is 47.6 Å². The standard InChI is InChI=1S/C17H29N3O3S/c1-11(2)20(12(3)4)14-7-8-19(17(21)18-14)15-10-24-16(23-15)9-22-13(5)6/h7-8,11-13,15-16H,9-10H2,1-6H3/t15-,16+/m1/s1. The summed E-state index contributed by atoms with van der Waals surface area (Å²) in [6.45, 7) is 12.9. The quantitative estimate of drug-likeness (QED) is 0.750. The second-order valence-electron chi connectivity index (χ2n) is 6.81. The zero-order valence-corrected chi connectivity index (χ0v) is 16.2. The Bertz CT molecular complexity index is 581. The average Bonchev–Trinajstić information content (AvgIpc) is 2.93. The van der Waals surface area contributed by atoms with Crippen LogP contribution in [-0.4, -0.2) is 45.5 Å². The third-order valence-corrected chi connectivity index (χ3v) is 4.90. The molecular weight excluding hydrogens is 326 g/mol. The van der Waals surface area contributed by atoms with Crippen molar-refractivity contribution in [2.45, 2.75) is 71.4 Å². The van der Waals surface area contributed by atoms with Crippen molar-refractivity contribution in [1.82, 2.24) is 9.55 Å². The number of nitrogens with zero attached hydrogens (tertiary/aromatic N) is 3. The molecule has 6 nitrogen and oxygen atoms in total. The Balaban J connectivity index is 2.09. The van der Waals surface area contributed by atoms with Gasteiger partial charge < -0.3 is 14.4 Å². The summed E-state index contributed by atoms with van der Waals surface area (Å²) in [7, 11) is 0. The van der Waals surface area contributed by atoms with E-state index in [-0.39, 0.29) is 35.5 Å². The van der Waals surface area contributed by atoms with Crippen molar-refractivity contribution in [2.75, 3.05) is 17.3 Å². The Labute approximate surface area is 148 Å². The molecular formula is C17H29N3O3S.